The van der Waals surface area contributed by atoms with Gasteiger partial charge in [0.1, 0.15) is 11.4 Å². The minimum Gasteiger partial charge on any atom is -0.387 e. The van der Waals surface area contributed by atoms with Gasteiger partial charge in [0.2, 0.25) is 0 Å². The third-order valence-electron chi connectivity index (χ3n) is 2.86. The van der Waals surface area contributed by atoms with Crippen LogP contribution in [0.4, 0.5) is 0 Å². The average molecular weight is 183 g/mol. The highest BCUT2D eigenvalue weighted by atomic mass is 16.7. The van der Waals surface area contributed by atoms with Crippen LogP contribution in [-0.2, 0) is 4.84 Å². The van der Waals surface area contributed by atoms with Crippen LogP contribution in [0.1, 0.15) is 19.3 Å². The lowest BCUT2D eigenvalue weighted by Crippen LogP contribution is -2.42. The summed E-state index contributed by atoms with van der Waals surface area (Å²) < 4.78 is 0. The molecule has 0 aliphatic carbocycles. The van der Waals surface area contributed by atoms with Crippen molar-refractivity contribution in [3.8, 4) is 0 Å². The van der Waals surface area contributed by atoms with Gasteiger partial charge in [0.25, 0.3) is 0 Å². The SMILES string of the molecule is CN(C)C1=NOC2(CCNCC2)C1. The molecule has 0 bridgehead atoms. The Morgan fingerprint density at radius 1 is 1.38 bits per heavy atom. The molecule has 0 radical (unpaired) electrons. The molecule has 74 valence electrons. The summed E-state index contributed by atoms with van der Waals surface area (Å²) in [4.78, 5) is 7.60. The summed E-state index contributed by atoms with van der Waals surface area (Å²) in [5, 5.41) is 7.46. The molecule has 0 atom stereocenters. The van der Waals surface area contributed by atoms with Gasteiger partial charge in [-0.1, -0.05) is 5.16 Å². The zero-order valence-electron chi connectivity index (χ0n) is 8.34. The molecule has 0 aromatic rings. The van der Waals surface area contributed by atoms with E-state index in [0.717, 1.165) is 38.2 Å². The molecule has 1 saturated heterocycles. The summed E-state index contributed by atoms with van der Waals surface area (Å²) in [5.74, 6) is 1.07. The molecule has 0 aromatic carbocycles. The van der Waals surface area contributed by atoms with E-state index in [1.165, 1.54) is 0 Å². The molecule has 13 heavy (non-hydrogen) atoms. The van der Waals surface area contributed by atoms with E-state index in [1.54, 1.807) is 0 Å². The van der Waals surface area contributed by atoms with E-state index >= 15 is 0 Å². The van der Waals surface area contributed by atoms with Crippen molar-refractivity contribution in [3.05, 3.63) is 0 Å². The van der Waals surface area contributed by atoms with E-state index in [2.05, 4.69) is 10.5 Å². The fourth-order valence-corrected chi connectivity index (χ4v) is 1.89. The lowest BCUT2D eigenvalue weighted by atomic mass is 9.89. The zero-order chi connectivity index (χ0) is 9.31. The van der Waals surface area contributed by atoms with E-state index in [1.807, 2.05) is 19.0 Å². The molecule has 0 aromatic heterocycles. The zero-order valence-corrected chi connectivity index (χ0v) is 8.34. The highest BCUT2D eigenvalue weighted by Crippen LogP contribution is 2.32. The highest BCUT2D eigenvalue weighted by molar-refractivity contribution is 5.83. The number of hydrogen-bond acceptors (Lipinski definition) is 4. The van der Waals surface area contributed by atoms with Crippen LogP contribution < -0.4 is 5.32 Å². The Morgan fingerprint density at radius 3 is 2.62 bits per heavy atom. The summed E-state index contributed by atoms with van der Waals surface area (Å²) in [6, 6.07) is 0. The van der Waals surface area contributed by atoms with Crippen LogP contribution in [0, 0.1) is 0 Å². The van der Waals surface area contributed by atoms with Crippen molar-refractivity contribution in [2.75, 3.05) is 27.2 Å². The average Bonchev–Trinajstić information content (AvgIpc) is 2.51. The number of nitrogens with one attached hydrogen (secondary N) is 1. The topological polar surface area (TPSA) is 36.9 Å². The predicted octanol–water partition coefficient (Wildman–Crippen LogP) is 0.404. The van der Waals surface area contributed by atoms with Crippen molar-refractivity contribution in [1.82, 2.24) is 10.2 Å². The van der Waals surface area contributed by atoms with Gasteiger partial charge in [0.15, 0.2) is 0 Å². The first kappa shape index (κ1) is 8.81. The van der Waals surface area contributed by atoms with Gasteiger partial charge >= 0.3 is 0 Å². The molecule has 0 amide bonds. The Balaban J connectivity index is 1.99. The largest absolute Gasteiger partial charge is 0.387 e. The van der Waals surface area contributed by atoms with Gasteiger partial charge in [-0.3, -0.25) is 0 Å². The molecule has 2 aliphatic heterocycles. The third kappa shape index (κ3) is 1.63. The third-order valence-corrected chi connectivity index (χ3v) is 2.86. The maximum Gasteiger partial charge on any atom is 0.148 e. The molecule has 2 rings (SSSR count). The Morgan fingerprint density at radius 2 is 2.08 bits per heavy atom. The Bertz CT molecular complexity index is 219. The Kier molecular flexibility index (Phi) is 2.15. The first-order valence-electron chi connectivity index (χ1n) is 4.85. The van der Waals surface area contributed by atoms with Crippen LogP contribution in [0.3, 0.4) is 0 Å². The van der Waals surface area contributed by atoms with Crippen molar-refractivity contribution >= 4 is 5.84 Å². The van der Waals surface area contributed by atoms with Crippen LogP contribution in [0.2, 0.25) is 0 Å². The molecular formula is C9H17N3O. The number of hydrogen-bond donors (Lipinski definition) is 1. The second-order valence-corrected chi connectivity index (χ2v) is 4.10. The molecular weight excluding hydrogens is 166 g/mol. The number of oxime groups is 1. The van der Waals surface area contributed by atoms with Crippen molar-refractivity contribution in [2.24, 2.45) is 5.16 Å². The van der Waals surface area contributed by atoms with Crippen LogP contribution in [0.15, 0.2) is 5.16 Å². The van der Waals surface area contributed by atoms with Crippen LogP contribution in [-0.4, -0.2) is 43.5 Å². The molecule has 4 heteroatoms. The second kappa shape index (κ2) is 3.18. The Labute approximate surface area is 78.9 Å². The normalized spacial score (nSPS) is 25.5. The minimum atomic E-state index is 0.0187. The van der Waals surface area contributed by atoms with E-state index in [4.69, 9.17) is 4.84 Å². The summed E-state index contributed by atoms with van der Waals surface area (Å²) in [6.07, 6.45) is 3.13. The smallest absolute Gasteiger partial charge is 0.148 e. The van der Waals surface area contributed by atoms with Gasteiger partial charge in [-0.25, -0.2) is 0 Å². The summed E-state index contributed by atoms with van der Waals surface area (Å²) in [6.45, 7) is 2.10. The lowest BCUT2D eigenvalue weighted by Gasteiger charge is -2.31. The fraction of sp³-hybridized carbons (Fsp3) is 0.889. The van der Waals surface area contributed by atoms with Gasteiger partial charge < -0.3 is 15.1 Å². The summed E-state index contributed by atoms with van der Waals surface area (Å²) in [5.41, 5.74) is 0.0187. The van der Waals surface area contributed by atoms with Crippen LogP contribution in [0.5, 0.6) is 0 Å². The van der Waals surface area contributed by atoms with Gasteiger partial charge in [-0.05, 0) is 13.1 Å². The van der Waals surface area contributed by atoms with Gasteiger partial charge in [-0.2, -0.15) is 0 Å². The second-order valence-electron chi connectivity index (χ2n) is 4.10. The van der Waals surface area contributed by atoms with E-state index in [-0.39, 0.29) is 5.60 Å². The highest BCUT2D eigenvalue weighted by Gasteiger charge is 2.40. The number of piperidine rings is 1. The lowest BCUT2D eigenvalue weighted by molar-refractivity contribution is -0.0400. The molecule has 1 spiro atoms. The maximum absolute atomic E-state index is 5.56. The molecule has 2 aliphatic rings. The monoisotopic (exact) mass is 183 g/mol. The van der Waals surface area contributed by atoms with E-state index in [9.17, 15) is 0 Å². The maximum atomic E-state index is 5.56. The molecule has 0 unspecified atom stereocenters. The van der Waals surface area contributed by atoms with Gasteiger partial charge in [0, 0.05) is 26.9 Å². The first-order valence-corrected chi connectivity index (χ1v) is 4.85. The quantitative estimate of drug-likeness (QED) is 0.591. The summed E-state index contributed by atoms with van der Waals surface area (Å²) in [7, 11) is 4.03. The van der Waals surface area contributed by atoms with Gasteiger partial charge in [-0.15, -0.1) is 0 Å². The fourth-order valence-electron chi connectivity index (χ4n) is 1.89. The standard InChI is InChI=1S/C9H17N3O/c1-12(2)8-7-9(13-11-8)3-5-10-6-4-9/h10H,3-7H2,1-2H3. The van der Waals surface area contributed by atoms with E-state index < -0.39 is 0 Å². The van der Waals surface area contributed by atoms with Gasteiger partial charge in [0.05, 0.1) is 6.42 Å². The summed E-state index contributed by atoms with van der Waals surface area (Å²) >= 11 is 0. The first-order chi connectivity index (χ1) is 6.22. The van der Waals surface area contributed by atoms with E-state index in [0.29, 0.717) is 0 Å². The predicted molar refractivity (Wildman–Crippen MR) is 51.7 cm³/mol. The van der Waals surface area contributed by atoms with Crippen molar-refractivity contribution in [2.45, 2.75) is 24.9 Å². The van der Waals surface area contributed by atoms with Crippen molar-refractivity contribution in [1.29, 1.82) is 0 Å². The molecule has 4 nitrogen and oxygen atoms in total. The van der Waals surface area contributed by atoms with Crippen molar-refractivity contribution < 1.29 is 4.84 Å². The molecule has 1 fully saturated rings. The van der Waals surface area contributed by atoms with Crippen LogP contribution >= 0.6 is 0 Å². The number of nitrogens with zero attached hydrogens (tertiary/aromatic N) is 2. The molecule has 1 N–H and O–H groups in total. The minimum absolute atomic E-state index is 0.0187. The van der Waals surface area contributed by atoms with Crippen LogP contribution in [0.25, 0.3) is 0 Å². The molecule has 0 saturated carbocycles. The van der Waals surface area contributed by atoms with Crippen molar-refractivity contribution in [3.63, 3.8) is 0 Å². The number of amidine groups is 1. The molecule has 2 heterocycles. The Hall–Kier alpha value is -0.770. The number of rotatable bonds is 0.